The first-order chi connectivity index (χ1) is 6.24. The highest BCUT2D eigenvalue weighted by atomic mass is 14.1. The van der Waals surface area contributed by atoms with Gasteiger partial charge in [-0.15, -0.1) is 0 Å². The Morgan fingerprint density at radius 3 is 2.38 bits per heavy atom. The molecule has 0 amide bonds. The summed E-state index contributed by atoms with van der Waals surface area (Å²) in [6, 6.07) is 8.24. The molecule has 1 rings (SSSR count). The maximum Gasteiger partial charge on any atom is 0.113 e. The fraction of sp³-hybridized carbons (Fsp3) is 0.500. The highest BCUT2D eigenvalue weighted by Gasteiger charge is 2.03. The summed E-state index contributed by atoms with van der Waals surface area (Å²) >= 11 is 0. The van der Waals surface area contributed by atoms with Gasteiger partial charge in [0.15, 0.2) is 0 Å². The third-order valence-electron chi connectivity index (χ3n) is 2.50. The molecular weight excluding hydrogens is 155 g/mol. The van der Waals surface area contributed by atoms with Gasteiger partial charge in [-0.3, -0.25) is 0 Å². The van der Waals surface area contributed by atoms with Gasteiger partial charge in [-0.2, -0.15) is 0 Å². The van der Waals surface area contributed by atoms with Crippen LogP contribution in [0.2, 0.25) is 0 Å². The summed E-state index contributed by atoms with van der Waals surface area (Å²) in [4.78, 5) is 0. The van der Waals surface area contributed by atoms with Gasteiger partial charge in [0.25, 0.3) is 0 Å². The van der Waals surface area contributed by atoms with E-state index < -0.39 is 0 Å². The first kappa shape index (κ1) is 10.4. The van der Waals surface area contributed by atoms with Crippen molar-refractivity contribution in [2.45, 2.75) is 39.0 Å². The number of rotatable bonds is 4. The van der Waals surface area contributed by atoms with Gasteiger partial charge in [0, 0.05) is 0 Å². The second-order valence-corrected chi connectivity index (χ2v) is 3.71. The predicted molar refractivity (Wildman–Crippen MR) is 59.8 cm³/mol. The molecule has 0 nitrogen and oxygen atoms in total. The normalized spacial score (nSPS) is 12.8. The summed E-state index contributed by atoms with van der Waals surface area (Å²) in [5.41, 5.74) is 2.26. The standard InChI is InChI=1S/C12H17B/c1-3-4-5-10(2)11-6-8-12(13)9-7-11/h6-10H,3-5H2,1-2H3. The molecule has 68 valence electrons. The van der Waals surface area contributed by atoms with Gasteiger partial charge in [0.05, 0.1) is 0 Å². The summed E-state index contributed by atoms with van der Waals surface area (Å²) in [5.74, 6) is 0.667. The van der Waals surface area contributed by atoms with E-state index in [4.69, 9.17) is 7.85 Å². The van der Waals surface area contributed by atoms with Crippen LogP contribution in [0.1, 0.15) is 44.6 Å². The molecule has 1 aromatic carbocycles. The first-order valence-corrected chi connectivity index (χ1v) is 5.09. The van der Waals surface area contributed by atoms with Gasteiger partial charge in [-0.25, -0.2) is 0 Å². The Morgan fingerprint density at radius 2 is 1.85 bits per heavy atom. The maximum atomic E-state index is 5.63. The van der Waals surface area contributed by atoms with Crippen molar-refractivity contribution in [3.05, 3.63) is 29.8 Å². The lowest BCUT2D eigenvalue weighted by molar-refractivity contribution is 0.624. The third-order valence-corrected chi connectivity index (χ3v) is 2.50. The van der Waals surface area contributed by atoms with Crippen molar-refractivity contribution >= 4 is 13.3 Å². The molecule has 0 spiro atoms. The van der Waals surface area contributed by atoms with Gasteiger partial charge < -0.3 is 0 Å². The molecule has 1 atom stereocenters. The van der Waals surface area contributed by atoms with Gasteiger partial charge in [0.1, 0.15) is 7.85 Å². The minimum absolute atomic E-state index is 0.667. The predicted octanol–water partition coefficient (Wildman–Crippen LogP) is 2.77. The van der Waals surface area contributed by atoms with Crippen molar-refractivity contribution in [1.82, 2.24) is 0 Å². The fourth-order valence-electron chi connectivity index (χ4n) is 1.50. The molecule has 13 heavy (non-hydrogen) atoms. The van der Waals surface area contributed by atoms with Crippen molar-refractivity contribution in [1.29, 1.82) is 0 Å². The van der Waals surface area contributed by atoms with Crippen LogP contribution in [0.5, 0.6) is 0 Å². The summed E-state index contributed by atoms with van der Waals surface area (Å²) in [7, 11) is 5.63. The van der Waals surface area contributed by atoms with E-state index >= 15 is 0 Å². The zero-order chi connectivity index (χ0) is 9.68. The van der Waals surface area contributed by atoms with E-state index in [1.165, 1.54) is 24.8 Å². The molecule has 0 aliphatic rings. The SMILES string of the molecule is [B]c1ccc(C(C)CCCC)cc1. The quantitative estimate of drug-likeness (QED) is 0.612. The summed E-state index contributed by atoms with van der Waals surface area (Å²) in [6.45, 7) is 4.51. The van der Waals surface area contributed by atoms with E-state index in [0.717, 1.165) is 5.46 Å². The molecule has 1 unspecified atom stereocenters. The summed E-state index contributed by atoms with van der Waals surface area (Å²) in [6.07, 6.45) is 3.87. The lowest BCUT2D eigenvalue weighted by Gasteiger charge is -2.11. The molecule has 0 heterocycles. The van der Waals surface area contributed by atoms with E-state index in [1.54, 1.807) is 0 Å². The van der Waals surface area contributed by atoms with Crippen molar-refractivity contribution in [3.8, 4) is 0 Å². The second-order valence-electron chi connectivity index (χ2n) is 3.71. The minimum atomic E-state index is 0.667. The molecule has 0 aromatic heterocycles. The second kappa shape index (κ2) is 5.11. The fourth-order valence-corrected chi connectivity index (χ4v) is 1.50. The van der Waals surface area contributed by atoms with Crippen LogP contribution < -0.4 is 5.46 Å². The molecule has 0 saturated heterocycles. The highest BCUT2D eigenvalue weighted by molar-refractivity contribution is 6.32. The van der Waals surface area contributed by atoms with Crippen LogP contribution >= 0.6 is 0 Å². The maximum absolute atomic E-state index is 5.63. The molecule has 0 aliphatic carbocycles. The van der Waals surface area contributed by atoms with Gasteiger partial charge >= 0.3 is 0 Å². The first-order valence-electron chi connectivity index (χ1n) is 5.09. The Bertz CT molecular complexity index is 238. The number of hydrogen-bond donors (Lipinski definition) is 0. The largest absolute Gasteiger partial charge is 0.113 e. The third kappa shape index (κ3) is 3.26. The van der Waals surface area contributed by atoms with E-state index in [1.807, 2.05) is 12.1 Å². The van der Waals surface area contributed by atoms with Crippen LogP contribution in [0.3, 0.4) is 0 Å². The molecule has 0 bridgehead atoms. The average molecular weight is 172 g/mol. The van der Waals surface area contributed by atoms with E-state index in [9.17, 15) is 0 Å². The molecule has 0 fully saturated rings. The van der Waals surface area contributed by atoms with Crippen LogP contribution in [-0.2, 0) is 0 Å². The molecule has 1 heteroatoms. The minimum Gasteiger partial charge on any atom is -0.0967 e. The van der Waals surface area contributed by atoms with Crippen LogP contribution in [-0.4, -0.2) is 7.85 Å². The zero-order valence-electron chi connectivity index (χ0n) is 8.59. The van der Waals surface area contributed by atoms with Crippen LogP contribution in [0, 0.1) is 0 Å². The van der Waals surface area contributed by atoms with Crippen LogP contribution in [0.15, 0.2) is 24.3 Å². The topological polar surface area (TPSA) is 0 Å². The van der Waals surface area contributed by atoms with Crippen molar-refractivity contribution in [2.75, 3.05) is 0 Å². The monoisotopic (exact) mass is 172 g/mol. The van der Waals surface area contributed by atoms with Gasteiger partial charge in [-0.1, -0.05) is 56.4 Å². The number of benzene rings is 1. The van der Waals surface area contributed by atoms with Crippen molar-refractivity contribution in [2.24, 2.45) is 0 Å². The Morgan fingerprint density at radius 1 is 1.23 bits per heavy atom. The Kier molecular flexibility index (Phi) is 4.07. The highest BCUT2D eigenvalue weighted by Crippen LogP contribution is 2.20. The molecule has 0 saturated carbocycles. The molecular formula is C12H17B. The average Bonchev–Trinajstić information content (AvgIpc) is 2.15. The number of hydrogen-bond acceptors (Lipinski definition) is 0. The molecule has 2 radical (unpaired) electrons. The molecule has 0 aliphatic heterocycles. The Hall–Kier alpha value is -0.715. The van der Waals surface area contributed by atoms with Gasteiger partial charge in [0.2, 0.25) is 0 Å². The van der Waals surface area contributed by atoms with E-state index in [2.05, 4.69) is 26.0 Å². The van der Waals surface area contributed by atoms with E-state index in [-0.39, 0.29) is 0 Å². The molecule has 0 N–H and O–H groups in total. The van der Waals surface area contributed by atoms with Crippen molar-refractivity contribution in [3.63, 3.8) is 0 Å². The Balaban J connectivity index is 2.55. The summed E-state index contributed by atoms with van der Waals surface area (Å²) in [5, 5.41) is 0. The van der Waals surface area contributed by atoms with Crippen LogP contribution in [0.4, 0.5) is 0 Å². The van der Waals surface area contributed by atoms with Gasteiger partial charge in [-0.05, 0) is 17.9 Å². The molecule has 1 aromatic rings. The number of unbranched alkanes of at least 4 members (excludes halogenated alkanes) is 1. The zero-order valence-corrected chi connectivity index (χ0v) is 8.59. The lowest BCUT2D eigenvalue weighted by atomic mass is 9.90. The lowest BCUT2D eigenvalue weighted by Crippen LogP contribution is -2.02. The van der Waals surface area contributed by atoms with Crippen molar-refractivity contribution < 1.29 is 0 Å². The van der Waals surface area contributed by atoms with E-state index in [0.29, 0.717) is 5.92 Å². The smallest absolute Gasteiger partial charge is 0.0967 e. The van der Waals surface area contributed by atoms with Crippen LogP contribution in [0.25, 0.3) is 0 Å². The Labute approximate surface area is 82.8 Å². The summed E-state index contributed by atoms with van der Waals surface area (Å²) < 4.78 is 0.